The molecule has 2 rings (SSSR count). The molecule has 16 heavy (non-hydrogen) atoms. The van der Waals surface area contributed by atoms with E-state index in [1.165, 1.54) is 0 Å². The van der Waals surface area contributed by atoms with Crippen LogP contribution >= 0.6 is 0 Å². The van der Waals surface area contributed by atoms with Crippen molar-refractivity contribution in [1.29, 1.82) is 0 Å². The molecule has 1 aromatic rings. The summed E-state index contributed by atoms with van der Waals surface area (Å²) in [6.07, 6.45) is 1.15. The molecule has 0 bridgehead atoms. The number of methoxy groups -OCH3 is 1. The molecular weight excluding hydrogens is 208 g/mol. The quantitative estimate of drug-likeness (QED) is 0.845. The molecule has 0 saturated heterocycles. The number of carboxylic acids is 1. The van der Waals surface area contributed by atoms with E-state index < -0.39 is 5.97 Å². The van der Waals surface area contributed by atoms with E-state index in [0.717, 1.165) is 0 Å². The monoisotopic (exact) mass is 222 g/mol. The lowest BCUT2D eigenvalue weighted by Gasteiger charge is -2.32. The lowest BCUT2D eigenvalue weighted by molar-refractivity contribution is -0.147. The summed E-state index contributed by atoms with van der Waals surface area (Å²) in [6, 6.07) is 7.38. The summed E-state index contributed by atoms with van der Waals surface area (Å²) in [5.41, 5.74) is 0. The molecule has 0 heterocycles. The summed E-state index contributed by atoms with van der Waals surface area (Å²) in [5.74, 6) is 0.375. The Bertz CT molecular complexity index is 382. The van der Waals surface area contributed by atoms with Gasteiger partial charge in [0.25, 0.3) is 0 Å². The number of benzene rings is 1. The summed E-state index contributed by atoms with van der Waals surface area (Å²) in [6.45, 7) is 0. The molecule has 0 radical (unpaired) electrons. The summed E-state index contributed by atoms with van der Waals surface area (Å²) in [7, 11) is 1.59. The van der Waals surface area contributed by atoms with E-state index in [1.54, 1.807) is 7.11 Å². The van der Waals surface area contributed by atoms with Gasteiger partial charge in [0, 0.05) is 0 Å². The van der Waals surface area contributed by atoms with Crippen LogP contribution in [0, 0.1) is 5.92 Å². The third kappa shape index (κ3) is 2.10. The molecule has 1 N–H and O–H groups in total. The minimum atomic E-state index is -0.736. The Balaban J connectivity index is 1.93. The topological polar surface area (TPSA) is 55.8 Å². The molecule has 4 nitrogen and oxygen atoms in total. The molecule has 4 heteroatoms. The van der Waals surface area contributed by atoms with Gasteiger partial charge in [-0.25, -0.2) is 0 Å². The molecule has 0 amide bonds. The largest absolute Gasteiger partial charge is 0.493 e. The molecular formula is C12H14O4. The Morgan fingerprint density at radius 1 is 1.31 bits per heavy atom. The number of para-hydroxylation sites is 2. The lowest BCUT2D eigenvalue weighted by atomic mass is 9.82. The normalized spacial score (nSPS) is 23.3. The van der Waals surface area contributed by atoms with Crippen LogP contribution < -0.4 is 9.47 Å². The maximum Gasteiger partial charge on any atom is 0.306 e. The highest BCUT2D eigenvalue weighted by Gasteiger charge is 2.36. The maximum atomic E-state index is 10.6. The van der Waals surface area contributed by atoms with Gasteiger partial charge in [-0.15, -0.1) is 0 Å². The molecule has 1 saturated carbocycles. The van der Waals surface area contributed by atoms with Crippen molar-refractivity contribution in [1.82, 2.24) is 0 Å². The molecule has 0 aromatic heterocycles. The minimum absolute atomic E-state index is 0.00241. The number of carboxylic acid groups (broad SMARTS) is 1. The fourth-order valence-electron chi connectivity index (χ4n) is 1.76. The first-order valence-corrected chi connectivity index (χ1v) is 5.23. The van der Waals surface area contributed by atoms with Crippen molar-refractivity contribution in [2.45, 2.75) is 18.9 Å². The number of hydrogen-bond acceptors (Lipinski definition) is 3. The molecule has 0 spiro atoms. The summed E-state index contributed by atoms with van der Waals surface area (Å²) < 4.78 is 10.8. The number of rotatable bonds is 4. The molecule has 86 valence electrons. The van der Waals surface area contributed by atoms with Gasteiger partial charge in [-0.3, -0.25) is 4.79 Å². The predicted molar refractivity (Wildman–Crippen MR) is 57.8 cm³/mol. The SMILES string of the molecule is COc1ccccc1OC1CC(C(=O)O)C1. The Hall–Kier alpha value is -1.71. The van der Waals surface area contributed by atoms with E-state index >= 15 is 0 Å². The second-order valence-corrected chi connectivity index (χ2v) is 3.90. The number of aliphatic carboxylic acids is 1. The first-order chi connectivity index (χ1) is 7.70. The van der Waals surface area contributed by atoms with Crippen LogP contribution in [0.5, 0.6) is 11.5 Å². The van der Waals surface area contributed by atoms with E-state index in [4.69, 9.17) is 14.6 Å². The van der Waals surface area contributed by atoms with E-state index in [-0.39, 0.29) is 12.0 Å². The fraction of sp³-hybridized carbons (Fsp3) is 0.417. The zero-order chi connectivity index (χ0) is 11.5. The molecule has 0 unspecified atom stereocenters. The van der Waals surface area contributed by atoms with E-state index in [2.05, 4.69) is 0 Å². The summed E-state index contributed by atoms with van der Waals surface area (Å²) in [5, 5.41) is 8.74. The zero-order valence-electron chi connectivity index (χ0n) is 9.05. The predicted octanol–water partition coefficient (Wildman–Crippen LogP) is 1.94. The van der Waals surface area contributed by atoms with Gasteiger partial charge in [0.15, 0.2) is 11.5 Å². The van der Waals surface area contributed by atoms with Crippen LogP contribution in [-0.2, 0) is 4.79 Å². The Kier molecular flexibility index (Phi) is 2.99. The van der Waals surface area contributed by atoms with Crippen LogP contribution in [0.3, 0.4) is 0 Å². The van der Waals surface area contributed by atoms with Crippen molar-refractivity contribution in [3.8, 4) is 11.5 Å². The first kappa shape index (κ1) is 10.8. The third-order valence-electron chi connectivity index (χ3n) is 2.81. The Labute approximate surface area is 93.8 Å². The van der Waals surface area contributed by atoms with Gasteiger partial charge < -0.3 is 14.6 Å². The van der Waals surface area contributed by atoms with E-state index in [1.807, 2.05) is 24.3 Å². The second kappa shape index (κ2) is 4.43. The summed E-state index contributed by atoms with van der Waals surface area (Å²) in [4.78, 5) is 10.6. The lowest BCUT2D eigenvalue weighted by Crippen LogP contribution is -2.38. The van der Waals surface area contributed by atoms with Crippen molar-refractivity contribution in [3.63, 3.8) is 0 Å². The van der Waals surface area contributed by atoms with Crippen LogP contribution in [0.2, 0.25) is 0 Å². The average Bonchev–Trinajstić information content (AvgIpc) is 2.22. The van der Waals surface area contributed by atoms with E-state index in [0.29, 0.717) is 24.3 Å². The van der Waals surface area contributed by atoms with Crippen molar-refractivity contribution < 1.29 is 19.4 Å². The second-order valence-electron chi connectivity index (χ2n) is 3.90. The van der Waals surface area contributed by atoms with E-state index in [9.17, 15) is 4.79 Å². The third-order valence-corrected chi connectivity index (χ3v) is 2.81. The van der Waals surface area contributed by atoms with Crippen LogP contribution in [-0.4, -0.2) is 24.3 Å². The number of ether oxygens (including phenoxy) is 2. The standard InChI is InChI=1S/C12H14O4/c1-15-10-4-2-3-5-11(10)16-9-6-8(7-9)12(13)14/h2-5,8-9H,6-7H2,1H3,(H,13,14). The average molecular weight is 222 g/mol. The first-order valence-electron chi connectivity index (χ1n) is 5.23. The van der Waals surface area contributed by atoms with Crippen molar-refractivity contribution in [3.05, 3.63) is 24.3 Å². The Morgan fingerprint density at radius 3 is 2.50 bits per heavy atom. The fourth-order valence-corrected chi connectivity index (χ4v) is 1.76. The van der Waals surface area contributed by atoms with Gasteiger partial charge in [-0.1, -0.05) is 12.1 Å². The highest BCUT2D eigenvalue weighted by molar-refractivity contribution is 5.71. The molecule has 1 fully saturated rings. The molecule has 1 aliphatic rings. The van der Waals surface area contributed by atoms with Crippen LogP contribution in [0.25, 0.3) is 0 Å². The minimum Gasteiger partial charge on any atom is -0.493 e. The maximum absolute atomic E-state index is 10.6. The Morgan fingerprint density at radius 2 is 1.94 bits per heavy atom. The molecule has 0 aliphatic heterocycles. The number of hydrogen-bond donors (Lipinski definition) is 1. The molecule has 1 aliphatic carbocycles. The smallest absolute Gasteiger partial charge is 0.306 e. The van der Waals surface area contributed by atoms with Crippen molar-refractivity contribution in [2.24, 2.45) is 5.92 Å². The van der Waals surface area contributed by atoms with Gasteiger partial charge in [0.2, 0.25) is 0 Å². The molecule has 0 atom stereocenters. The van der Waals surface area contributed by atoms with Crippen LogP contribution in [0.15, 0.2) is 24.3 Å². The highest BCUT2D eigenvalue weighted by Crippen LogP contribution is 2.35. The summed E-state index contributed by atoms with van der Waals surface area (Å²) >= 11 is 0. The number of carbonyl (C=O) groups is 1. The van der Waals surface area contributed by atoms with Gasteiger partial charge >= 0.3 is 5.97 Å². The van der Waals surface area contributed by atoms with Crippen LogP contribution in [0.1, 0.15) is 12.8 Å². The highest BCUT2D eigenvalue weighted by atomic mass is 16.5. The zero-order valence-corrected chi connectivity index (χ0v) is 9.05. The van der Waals surface area contributed by atoms with Crippen molar-refractivity contribution in [2.75, 3.05) is 7.11 Å². The van der Waals surface area contributed by atoms with Gasteiger partial charge in [-0.05, 0) is 25.0 Å². The molecule has 1 aromatic carbocycles. The van der Waals surface area contributed by atoms with Crippen molar-refractivity contribution >= 4 is 5.97 Å². The van der Waals surface area contributed by atoms with Gasteiger partial charge in [0.05, 0.1) is 13.0 Å². The van der Waals surface area contributed by atoms with Gasteiger partial charge in [0.1, 0.15) is 6.10 Å². The van der Waals surface area contributed by atoms with Crippen LogP contribution in [0.4, 0.5) is 0 Å². The van der Waals surface area contributed by atoms with Gasteiger partial charge in [-0.2, -0.15) is 0 Å².